The average molecular weight is 472 g/mol. The van der Waals surface area contributed by atoms with E-state index in [9.17, 15) is 9.59 Å². The summed E-state index contributed by atoms with van der Waals surface area (Å²) >= 11 is 7.33. The minimum Gasteiger partial charge on any atom is -0.486 e. The quantitative estimate of drug-likeness (QED) is 0.442. The van der Waals surface area contributed by atoms with Gasteiger partial charge in [-0.15, -0.1) is 11.3 Å². The highest BCUT2D eigenvalue weighted by Crippen LogP contribution is 2.19. The molecule has 0 fully saturated rings. The molecule has 2 aromatic carbocycles. The Morgan fingerprint density at radius 1 is 1.16 bits per heavy atom. The Hall–Kier alpha value is -2.90. The van der Waals surface area contributed by atoms with E-state index in [2.05, 4.69) is 10.3 Å². The van der Waals surface area contributed by atoms with Crippen LogP contribution in [-0.2, 0) is 22.6 Å². The van der Waals surface area contributed by atoms with Gasteiger partial charge < -0.3 is 15.0 Å². The van der Waals surface area contributed by atoms with Crippen LogP contribution in [0.15, 0.2) is 60.0 Å². The number of halogens is 1. The van der Waals surface area contributed by atoms with Gasteiger partial charge in [0.05, 0.1) is 12.1 Å². The van der Waals surface area contributed by atoms with Crippen molar-refractivity contribution in [1.29, 1.82) is 0 Å². The van der Waals surface area contributed by atoms with Crippen LogP contribution in [0.3, 0.4) is 0 Å². The number of carbonyl (C=O) groups excluding carboxylic acids is 2. The number of anilines is 1. The smallest absolute Gasteiger partial charge is 0.246 e. The summed E-state index contributed by atoms with van der Waals surface area (Å²) in [5, 5.41) is 6.15. The highest BCUT2D eigenvalue weighted by Gasteiger charge is 2.26. The summed E-state index contributed by atoms with van der Waals surface area (Å²) in [4.78, 5) is 31.8. The van der Waals surface area contributed by atoms with Gasteiger partial charge in [-0.25, -0.2) is 4.98 Å². The largest absolute Gasteiger partial charge is 0.486 e. The molecule has 0 saturated carbocycles. The van der Waals surface area contributed by atoms with Crippen molar-refractivity contribution in [2.75, 3.05) is 11.9 Å². The number of carbonyl (C=O) groups is 2. The molecule has 32 heavy (non-hydrogen) atoms. The van der Waals surface area contributed by atoms with E-state index in [1.807, 2.05) is 42.6 Å². The molecule has 0 spiro atoms. The van der Waals surface area contributed by atoms with Gasteiger partial charge in [-0.1, -0.05) is 36.7 Å². The highest BCUT2D eigenvalue weighted by molar-refractivity contribution is 7.09. The summed E-state index contributed by atoms with van der Waals surface area (Å²) in [7, 11) is 0. The Bertz CT molecular complexity index is 1020. The first-order chi connectivity index (χ1) is 15.5. The van der Waals surface area contributed by atoms with Crippen LogP contribution in [0.1, 0.15) is 31.0 Å². The van der Waals surface area contributed by atoms with Crippen LogP contribution in [0.5, 0.6) is 5.75 Å². The molecule has 0 bridgehead atoms. The van der Waals surface area contributed by atoms with Gasteiger partial charge >= 0.3 is 0 Å². The molecule has 1 unspecified atom stereocenters. The van der Waals surface area contributed by atoms with Crippen LogP contribution in [0.25, 0.3) is 0 Å². The number of nitrogens with zero attached hydrogens (tertiary/aromatic N) is 2. The fraction of sp³-hybridized carbons (Fsp3) is 0.292. The summed E-state index contributed by atoms with van der Waals surface area (Å²) in [6.45, 7) is 4.54. The minimum absolute atomic E-state index is 0.127. The summed E-state index contributed by atoms with van der Waals surface area (Å²) in [5.41, 5.74) is 1.38. The van der Waals surface area contributed by atoms with E-state index in [4.69, 9.17) is 16.3 Å². The van der Waals surface area contributed by atoms with Gasteiger partial charge in [-0.3, -0.25) is 9.59 Å². The summed E-state index contributed by atoms with van der Waals surface area (Å²) in [6.07, 6.45) is 0.895. The van der Waals surface area contributed by atoms with Crippen molar-refractivity contribution in [3.63, 3.8) is 0 Å². The highest BCUT2D eigenvalue weighted by atomic mass is 35.5. The predicted octanol–water partition coefficient (Wildman–Crippen LogP) is 5.18. The molecule has 1 N–H and O–H groups in total. The van der Waals surface area contributed by atoms with E-state index >= 15 is 0 Å². The second-order valence-corrected chi connectivity index (χ2v) is 8.65. The lowest BCUT2D eigenvalue weighted by Crippen LogP contribution is -2.46. The maximum Gasteiger partial charge on any atom is 0.246 e. The van der Waals surface area contributed by atoms with Gasteiger partial charge in [0.2, 0.25) is 11.8 Å². The van der Waals surface area contributed by atoms with Crippen LogP contribution in [0, 0.1) is 0 Å². The molecule has 0 aliphatic heterocycles. The number of benzene rings is 2. The van der Waals surface area contributed by atoms with Crippen molar-refractivity contribution < 1.29 is 14.3 Å². The number of amides is 2. The van der Waals surface area contributed by atoms with Crippen LogP contribution in [0.4, 0.5) is 5.69 Å². The predicted molar refractivity (Wildman–Crippen MR) is 128 cm³/mol. The van der Waals surface area contributed by atoms with E-state index in [0.717, 1.165) is 11.4 Å². The third-order valence-electron chi connectivity index (χ3n) is 4.78. The van der Waals surface area contributed by atoms with Crippen molar-refractivity contribution >= 4 is 40.4 Å². The van der Waals surface area contributed by atoms with Crippen molar-refractivity contribution in [2.45, 2.75) is 39.3 Å². The number of para-hydroxylation sites is 1. The van der Waals surface area contributed by atoms with Gasteiger partial charge in [0, 0.05) is 22.6 Å². The molecule has 0 saturated heterocycles. The number of nitrogens with one attached hydrogen (secondary N) is 1. The number of thiazole rings is 1. The second kappa shape index (κ2) is 11.6. The fourth-order valence-electron chi connectivity index (χ4n) is 3.11. The molecule has 168 valence electrons. The van der Waals surface area contributed by atoms with Crippen molar-refractivity contribution in [2.24, 2.45) is 0 Å². The molecule has 0 radical (unpaired) electrons. The number of aromatic nitrogens is 1. The van der Waals surface area contributed by atoms with E-state index < -0.39 is 6.04 Å². The number of ether oxygens (including phenoxy) is 1. The van der Waals surface area contributed by atoms with Crippen molar-refractivity contribution in [3.8, 4) is 5.75 Å². The average Bonchev–Trinajstić information content (AvgIpc) is 3.24. The van der Waals surface area contributed by atoms with Gasteiger partial charge in [0.15, 0.2) is 0 Å². The van der Waals surface area contributed by atoms with Crippen molar-refractivity contribution in [1.82, 2.24) is 9.88 Å². The van der Waals surface area contributed by atoms with Gasteiger partial charge in [-0.05, 0) is 49.7 Å². The topological polar surface area (TPSA) is 71.5 Å². The zero-order valence-corrected chi connectivity index (χ0v) is 19.7. The first kappa shape index (κ1) is 23.8. The zero-order chi connectivity index (χ0) is 22.9. The number of rotatable bonds is 10. The lowest BCUT2D eigenvalue weighted by Gasteiger charge is -2.28. The third kappa shape index (κ3) is 6.80. The van der Waals surface area contributed by atoms with Crippen LogP contribution >= 0.6 is 22.9 Å². The van der Waals surface area contributed by atoms with Gasteiger partial charge in [0.1, 0.15) is 23.4 Å². The molecule has 1 atom stereocenters. The van der Waals surface area contributed by atoms with Crippen LogP contribution in [0.2, 0.25) is 5.02 Å². The standard InChI is InChI=1S/C24H26ClN3O3S/c1-3-13-28(17(2)24(30)27-19-7-5-4-6-8-19)23(29)14-20-16-32-22(26-20)15-31-21-11-9-18(25)10-12-21/h4-12,16-17H,3,13-15H2,1-2H3,(H,27,30). The van der Waals surface area contributed by atoms with Crippen LogP contribution < -0.4 is 10.1 Å². The minimum atomic E-state index is -0.589. The summed E-state index contributed by atoms with van der Waals surface area (Å²) in [5.74, 6) is 0.362. The molecule has 1 aromatic heterocycles. The second-order valence-electron chi connectivity index (χ2n) is 7.27. The molecular weight excluding hydrogens is 446 g/mol. The molecule has 8 heteroatoms. The Kier molecular flexibility index (Phi) is 8.64. The van der Waals surface area contributed by atoms with Crippen molar-refractivity contribution in [3.05, 3.63) is 75.7 Å². The van der Waals surface area contributed by atoms with E-state index in [0.29, 0.717) is 35.3 Å². The molecular formula is C24H26ClN3O3S. The third-order valence-corrected chi connectivity index (χ3v) is 5.90. The van der Waals surface area contributed by atoms with E-state index in [1.54, 1.807) is 36.1 Å². The Balaban J connectivity index is 1.58. The lowest BCUT2D eigenvalue weighted by molar-refractivity contribution is -0.137. The summed E-state index contributed by atoms with van der Waals surface area (Å²) in [6, 6.07) is 15.8. The van der Waals surface area contributed by atoms with E-state index in [1.165, 1.54) is 11.3 Å². The fourth-order valence-corrected chi connectivity index (χ4v) is 3.94. The van der Waals surface area contributed by atoms with Gasteiger partial charge in [0.25, 0.3) is 0 Å². The summed E-state index contributed by atoms with van der Waals surface area (Å²) < 4.78 is 5.72. The number of hydrogen-bond acceptors (Lipinski definition) is 5. The molecule has 0 aliphatic rings. The molecule has 6 nitrogen and oxygen atoms in total. The maximum atomic E-state index is 13.0. The first-order valence-corrected chi connectivity index (χ1v) is 11.7. The first-order valence-electron chi connectivity index (χ1n) is 10.4. The molecule has 0 aliphatic carbocycles. The maximum absolute atomic E-state index is 13.0. The van der Waals surface area contributed by atoms with Crippen LogP contribution in [-0.4, -0.2) is 34.3 Å². The molecule has 3 rings (SSSR count). The van der Waals surface area contributed by atoms with Gasteiger partial charge in [-0.2, -0.15) is 0 Å². The zero-order valence-electron chi connectivity index (χ0n) is 18.1. The Morgan fingerprint density at radius 3 is 2.56 bits per heavy atom. The van der Waals surface area contributed by atoms with E-state index in [-0.39, 0.29) is 18.2 Å². The molecule has 3 aromatic rings. The SMILES string of the molecule is CCCN(C(=O)Cc1csc(COc2ccc(Cl)cc2)n1)C(C)C(=O)Nc1ccccc1. The normalized spacial score (nSPS) is 11.6. The molecule has 1 heterocycles. The Morgan fingerprint density at radius 2 is 1.88 bits per heavy atom. The lowest BCUT2D eigenvalue weighted by atomic mass is 10.2. The molecule has 2 amide bonds. The monoisotopic (exact) mass is 471 g/mol. The Labute approximate surface area is 197 Å². The number of hydrogen-bond donors (Lipinski definition) is 1.